The van der Waals surface area contributed by atoms with Crippen LogP contribution in [-0.2, 0) is 0 Å². The summed E-state index contributed by atoms with van der Waals surface area (Å²) in [6.45, 7) is 1.99. The summed E-state index contributed by atoms with van der Waals surface area (Å²) in [4.78, 5) is 21.9. The molecule has 2 aromatic rings. The van der Waals surface area contributed by atoms with Gasteiger partial charge >= 0.3 is 0 Å². The van der Waals surface area contributed by atoms with Crippen molar-refractivity contribution in [2.75, 3.05) is 24.7 Å². The molecular formula is C20H27F2N5OS. The topological polar surface area (TPSA) is 63.1 Å². The summed E-state index contributed by atoms with van der Waals surface area (Å²) in [5.41, 5.74) is -0.612. The lowest BCUT2D eigenvalue weighted by Gasteiger charge is -2.30. The Morgan fingerprint density at radius 1 is 1.17 bits per heavy atom. The Balaban J connectivity index is 1.69. The summed E-state index contributed by atoms with van der Waals surface area (Å²) in [6, 6.07) is 1.44. The van der Waals surface area contributed by atoms with E-state index in [0.717, 1.165) is 58.0 Å². The van der Waals surface area contributed by atoms with Crippen LogP contribution in [0.2, 0.25) is 0 Å². The molecule has 2 aliphatic rings. The van der Waals surface area contributed by atoms with Crippen molar-refractivity contribution in [2.24, 2.45) is 0 Å². The van der Waals surface area contributed by atoms with E-state index in [-0.39, 0.29) is 12.1 Å². The maximum Gasteiger partial charge on any atom is 0.269 e. The summed E-state index contributed by atoms with van der Waals surface area (Å²) >= 11 is 1.75. The first-order valence-corrected chi connectivity index (χ1v) is 11.5. The highest BCUT2D eigenvalue weighted by atomic mass is 32.2. The second kappa shape index (κ2) is 8.95. The number of fused-ring (bicyclic) bond motifs is 1. The molecule has 1 aliphatic heterocycles. The van der Waals surface area contributed by atoms with Gasteiger partial charge in [0.1, 0.15) is 5.65 Å². The number of alkyl halides is 2. The summed E-state index contributed by atoms with van der Waals surface area (Å²) < 4.78 is 30.8. The molecule has 3 heterocycles. The molecule has 4 rings (SSSR count). The molecule has 2 fully saturated rings. The summed E-state index contributed by atoms with van der Waals surface area (Å²) in [5, 5.41) is 3.88. The molecule has 2 aromatic heterocycles. The monoisotopic (exact) mass is 423 g/mol. The number of anilines is 1. The van der Waals surface area contributed by atoms with Gasteiger partial charge in [-0.3, -0.25) is 13.7 Å². The van der Waals surface area contributed by atoms with E-state index in [4.69, 9.17) is 0 Å². The van der Waals surface area contributed by atoms with E-state index < -0.39 is 17.5 Å². The normalized spacial score (nSPS) is 19.9. The van der Waals surface area contributed by atoms with Crippen molar-refractivity contribution in [1.82, 2.24) is 18.8 Å². The zero-order valence-electron chi connectivity index (χ0n) is 16.6. The number of aromatic nitrogens is 3. The van der Waals surface area contributed by atoms with Gasteiger partial charge in [-0.1, -0.05) is 31.2 Å². The lowest BCUT2D eigenvalue weighted by atomic mass is 9.95. The zero-order valence-corrected chi connectivity index (χ0v) is 17.4. The summed E-state index contributed by atoms with van der Waals surface area (Å²) in [5.74, 6) is 0.467. The molecule has 0 amide bonds. The first-order valence-electron chi connectivity index (χ1n) is 10.3. The van der Waals surface area contributed by atoms with Crippen LogP contribution in [0.4, 0.5) is 14.7 Å². The number of rotatable bonds is 5. The molecule has 0 bridgehead atoms. The Morgan fingerprint density at radius 2 is 1.90 bits per heavy atom. The summed E-state index contributed by atoms with van der Waals surface area (Å²) in [6.07, 6.45) is 7.58. The van der Waals surface area contributed by atoms with E-state index in [0.29, 0.717) is 17.0 Å². The zero-order chi connectivity index (χ0) is 20.4. The van der Waals surface area contributed by atoms with Gasteiger partial charge in [-0.05, 0) is 38.0 Å². The predicted molar refractivity (Wildman–Crippen MR) is 113 cm³/mol. The Labute approximate surface area is 173 Å². The van der Waals surface area contributed by atoms with Crippen LogP contribution in [0.1, 0.15) is 63.0 Å². The molecule has 0 unspecified atom stereocenters. The van der Waals surface area contributed by atoms with E-state index in [1.54, 1.807) is 18.1 Å². The van der Waals surface area contributed by atoms with Crippen molar-refractivity contribution in [2.45, 2.75) is 63.5 Å². The predicted octanol–water partition coefficient (Wildman–Crippen LogP) is 4.39. The fraction of sp³-hybridized carbons (Fsp3) is 0.650. The quantitative estimate of drug-likeness (QED) is 0.720. The smallest absolute Gasteiger partial charge is 0.269 e. The molecule has 1 aliphatic carbocycles. The van der Waals surface area contributed by atoms with E-state index in [2.05, 4.69) is 25.8 Å². The fourth-order valence-corrected chi connectivity index (χ4v) is 4.99. The van der Waals surface area contributed by atoms with Gasteiger partial charge in [-0.25, -0.2) is 13.8 Å². The third-order valence-electron chi connectivity index (χ3n) is 6.02. The lowest BCUT2D eigenvalue weighted by molar-refractivity contribution is 0.148. The van der Waals surface area contributed by atoms with Gasteiger partial charge in [-0.15, -0.1) is 0 Å². The second-order valence-electron chi connectivity index (χ2n) is 7.87. The van der Waals surface area contributed by atoms with Crippen molar-refractivity contribution in [3.8, 4) is 0 Å². The average molecular weight is 424 g/mol. The number of hydrogen-bond acceptors (Lipinski definition) is 6. The minimum absolute atomic E-state index is 0.0787. The first kappa shape index (κ1) is 20.5. The van der Waals surface area contributed by atoms with Gasteiger partial charge in [0.05, 0.1) is 5.56 Å². The molecular weight excluding hydrogens is 396 g/mol. The first-order chi connectivity index (χ1) is 14.1. The van der Waals surface area contributed by atoms with Gasteiger partial charge < -0.3 is 5.32 Å². The van der Waals surface area contributed by atoms with E-state index >= 15 is 0 Å². The number of nitrogens with one attached hydrogen (secondary N) is 1. The van der Waals surface area contributed by atoms with Crippen molar-refractivity contribution < 1.29 is 8.78 Å². The van der Waals surface area contributed by atoms with Crippen LogP contribution < -0.4 is 10.9 Å². The van der Waals surface area contributed by atoms with Crippen molar-refractivity contribution in [3.05, 3.63) is 28.2 Å². The van der Waals surface area contributed by atoms with Crippen LogP contribution in [0.25, 0.3) is 11.0 Å². The van der Waals surface area contributed by atoms with Crippen LogP contribution >= 0.6 is 11.9 Å². The minimum atomic E-state index is -2.80. The van der Waals surface area contributed by atoms with Gasteiger partial charge in [0.2, 0.25) is 5.95 Å². The third-order valence-corrected chi connectivity index (χ3v) is 6.90. The SMILES string of the molecule is CSN1CCC(Nc2ncc3cc(C(F)F)c(=O)n(C4CCCCC4)c3n2)CC1. The van der Waals surface area contributed by atoms with Crippen LogP contribution in [0, 0.1) is 0 Å². The number of pyridine rings is 1. The highest BCUT2D eigenvalue weighted by molar-refractivity contribution is 7.96. The molecule has 1 saturated heterocycles. The van der Waals surface area contributed by atoms with E-state index in [1.807, 2.05) is 0 Å². The van der Waals surface area contributed by atoms with Crippen LogP contribution in [0.15, 0.2) is 17.1 Å². The highest BCUT2D eigenvalue weighted by Gasteiger charge is 2.25. The number of hydrogen-bond donors (Lipinski definition) is 1. The average Bonchev–Trinajstić information content (AvgIpc) is 2.74. The number of halogens is 2. The maximum absolute atomic E-state index is 13.5. The molecule has 158 valence electrons. The minimum Gasteiger partial charge on any atom is -0.351 e. The van der Waals surface area contributed by atoms with Gasteiger partial charge in [0, 0.05) is 36.8 Å². The van der Waals surface area contributed by atoms with Crippen molar-refractivity contribution in [3.63, 3.8) is 0 Å². The van der Waals surface area contributed by atoms with Crippen LogP contribution in [-0.4, -0.2) is 44.2 Å². The largest absolute Gasteiger partial charge is 0.351 e. The molecule has 0 atom stereocenters. The Bertz CT molecular complexity index is 908. The Kier molecular flexibility index (Phi) is 6.34. The Morgan fingerprint density at radius 3 is 2.55 bits per heavy atom. The third kappa shape index (κ3) is 4.40. The standard InChI is InChI=1S/C20H27F2N5OS/c1-29-26-9-7-14(8-10-26)24-20-23-12-13-11-16(17(21)22)19(28)27(18(13)25-20)15-5-3-2-4-6-15/h11-12,14-15,17H,2-10H2,1H3,(H,23,24,25). The number of piperidine rings is 1. The lowest BCUT2D eigenvalue weighted by Crippen LogP contribution is -2.36. The molecule has 0 aromatic carbocycles. The molecule has 6 nitrogen and oxygen atoms in total. The Hall–Kier alpha value is -1.74. The molecule has 29 heavy (non-hydrogen) atoms. The molecule has 0 spiro atoms. The van der Waals surface area contributed by atoms with Crippen LogP contribution in [0.3, 0.4) is 0 Å². The van der Waals surface area contributed by atoms with Gasteiger partial charge in [0.25, 0.3) is 12.0 Å². The van der Waals surface area contributed by atoms with Crippen molar-refractivity contribution in [1.29, 1.82) is 0 Å². The highest BCUT2D eigenvalue weighted by Crippen LogP contribution is 2.31. The van der Waals surface area contributed by atoms with Crippen molar-refractivity contribution >= 4 is 28.9 Å². The van der Waals surface area contributed by atoms with Gasteiger partial charge in [-0.2, -0.15) is 4.98 Å². The van der Waals surface area contributed by atoms with E-state index in [1.165, 1.54) is 10.6 Å². The maximum atomic E-state index is 13.5. The molecule has 1 N–H and O–H groups in total. The molecule has 1 saturated carbocycles. The van der Waals surface area contributed by atoms with Crippen LogP contribution in [0.5, 0.6) is 0 Å². The van der Waals surface area contributed by atoms with Gasteiger partial charge in [0.15, 0.2) is 0 Å². The summed E-state index contributed by atoms with van der Waals surface area (Å²) in [7, 11) is 0. The molecule has 9 heteroatoms. The number of nitrogens with zero attached hydrogens (tertiary/aromatic N) is 4. The molecule has 0 radical (unpaired) electrons. The second-order valence-corrected chi connectivity index (χ2v) is 8.75. The van der Waals surface area contributed by atoms with E-state index in [9.17, 15) is 13.6 Å². The fourth-order valence-electron chi connectivity index (χ4n) is 4.41.